The molecule has 112 valence electrons. The first-order valence-corrected chi connectivity index (χ1v) is 6.47. The van der Waals surface area contributed by atoms with E-state index in [0.717, 1.165) is 32.0 Å². The SMILES string of the molecule is Nc1nc(/N=C/N2CCOCC2)nn1-c1ccccc1.O. The van der Waals surface area contributed by atoms with Crippen LogP contribution in [-0.4, -0.2) is 57.8 Å². The highest BCUT2D eigenvalue weighted by molar-refractivity contribution is 5.59. The quantitative estimate of drug-likeness (QED) is 0.632. The first-order valence-electron chi connectivity index (χ1n) is 6.47. The molecule has 0 spiro atoms. The van der Waals surface area contributed by atoms with Crippen molar-refractivity contribution >= 4 is 18.2 Å². The molecule has 1 aliphatic rings. The van der Waals surface area contributed by atoms with Gasteiger partial charge in [-0.25, -0.2) is 4.99 Å². The molecule has 0 aliphatic carbocycles. The van der Waals surface area contributed by atoms with Crippen molar-refractivity contribution in [2.45, 2.75) is 0 Å². The van der Waals surface area contributed by atoms with Gasteiger partial charge in [0.1, 0.15) is 0 Å². The molecule has 0 amide bonds. The Morgan fingerprint density at radius 1 is 1.19 bits per heavy atom. The van der Waals surface area contributed by atoms with Gasteiger partial charge in [0.25, 0.3) is 5.95 Å². The average Bonchev–Trinajstić information content (AvgIpc) is 2.88. The first-order chi connectivity index (χ1) is 9.83. The molecule has 1 fully saturated rings. The maximum Gasteiger partial charge on any atom is 0.271 e. The Labute approximate surface area is 122 Å². The summed E-state index contributed by atoms with van der Waals surface area (Å²) < 4.78 is 6.85. The Kier molecular flexibility index (Phi) is 4.85. The number of hydrogen-bond donors (Lipinski definition) is 1. The summed E-state index contributed by atoms with van der Waals surface area (Å²) in [6.45, 7) is 3.11. The third kappa shape index (κ3) is 3.56. The highest BCUT2D eigenvalue weighted by Crippen LogP contribution is 2.14. The number of aromatic nitrogens is 3. The van der Waals surface area contributed by atoms with Crippen LogP contribution in [0.2, 0.25) is 0 Å². The molecular formula is C13H18N6O2. The first kappa shape index (κ1) is 14.9. The maximum absolute atomic E-state index is 5.86. The lowest BCUT2D eigenvalue weighted by Crippen LogP contribution is -2.35. The van der Waals surface area contributed by atoms with E-state index in [0.29, 0.717) is 11.9 Å². The molecule has 1 aromatic heterocycles. The van der Waals surface area contributed by atoms with Gasteiger partial charge in [0.05, 0.1) is 25.2 Å². The number of morpholine rings is 1. The molecule has 8 heteroatoms. The van der Waals surface area contributed by atoms with Gasteiger partial charge in [-0.2, -0.15) is 9.67 Å². The second-order valence-corrected chi connectivity index (χ2v) is 4.41. The summed E-state index contributed by atoms with van der Waals surface area (Å²) in [7, 11) is 0. The Hall–Kier alpha value is -2.45. The number of ether oxygens (including phenoxy) is 1. The van der Waals surface area contributed by atoms with Gasteiger partial charge in [-0.05, 0) is 12.1 Å². The van der Waals surface area contributed by atoms with E-state index in [1.54, 1.807) is 11.0 Å². The van der Waals surface area contributed by atoms with Crippen molar-refractivity contribution in [3.63, 3.8) is 0 Å². The van der Waals surface area contributed by atoms with Crippen LogP contribution in [0.4, 0.5) is 11.9 Å². The van der Waals surface area contributed by atoms with Gasteiger partial charge in [0.15, 0.2) is 0 Å². The van der Waals surface area contributed by atoms with Crippen molar-refractivity contribution in [2.24, 2.45) is 4.99 Å². The van der Waals surface area contributed by atoms with Crippen molar-refractivity contribution in [3.8, 4) is 5.69 Å². The summed E-state index contributed by atoms with van der Waals surface area (Å²) in [5.74, 6) is 0.683. The largest absolute Gasteiger partial charge is 0.412 e. The van der Waals surface area contributed by atoms with Crippen LogP contribution in [0, 0.1) is 0 Å². The fraction of sp³-hybridized carbons (Fsp3) is 0.308. The van der Waals surface area contributed by atoms with Crippen molar-refractivity contribution in [3.05, 3.63) is 30.3 Å². The third-order valence-electron chi connectivity index (χ3n) is 3.00. The van der Waals surface area contributed by atoms with Gasteiger partial charge < -0.3 is 20.8 Å². The molecule has 0 bridgehead atoms. The topological polar surface area (TPSA) is 113 Å². The van der Waals surface area contributed by atoms with Crippen LogP contribution in [-0.2, 0) is 4.74 Å². The minimum absolute atomic E-state index is 0. The molecule has 0 unspecified atom stereocenters. The van der Waals surface area contributed by atoms with E-state index >= 15 is 0 Å². The van der Waals surface area contributed by atoms with Gasteiger partial charge in [-0.3, -0.25) is 0 Å². The molecule has 0 atom stereocenters. The van der Waals surface area contributed by atoms with Crippen molar-refractivity contribution in [1.82, 2.24) is 19.7 Å². The molecule has 3 rings (SSSR count). The van der Waals surface area contributed by atoms with Crippen LogP contribution in [0.25, 0.3) is 5.69 Å². The zero-order valence-corrected chi connectivity index (χ0v) is 11.5. The van der Waals surface area contributed by atoms with E-state index in [2.05, 4.69) is 20.0 Å². The minimum atomic E-state index is 0. The average molecular weight is 290 g/mol. The minimum Gasteiger partial charge on any atom is -0.412 e. The van der Waals surface area contributed by atoms with Crippen LogP contribution in [0.5, 0.6) is 0 Å². The van der Waals surface area contributed by atoms with E-state index in [1.165, 1.54) is 0 Å². The van der Waals surface area contributed by atoms with E-state index in [1.807, 2.05) is 30.3 Å². The highest BCUT2D eigenvalue weighted by Gasteiger charge is 2.09. The van der Waals surface area contributed by atoms with E-state index in [4.69, 9.17) is 10.5 Å². The van der Waals surface area contributed by atoms with Crippen LogP contribution in [0.15, 0.2) is 35.3 Å². The zero-order valence-electron chi connectivity index (χ0n) is 11.5. The Balaban J connectivity index is 0.00000161. The molecule has 0 saturated carbocycles. The summed E-state index contributed by atoms with van der Waals surface area (Å²) in [6.07, 6.45) is 1.74. The summed E-state index contributed by atoms with van der Waals surface area (Å²) >= 11 is 0. The van der Waals surface area contributed by atoms with Crippen molar-refractivity contribution in [2.75, 3.05) is 32.0 Å². The number of anilines is 1. The van der Waals surface area contributed by atoms with Gasteiger partial charge in [-0.15, -0.1) is 5.10 Å². The van der Waals surface area contributed by atoms with E-state index in [9.17, 15) is 0 Å². The molecule has 4 N–H and O–H groups in total. The Bertz CT molecular complexity index is 592. The monoisotopic (exact) mass is 290 g/mol. The number of nitrogens with two attached hydrogens (primary N) is 1. The summed E-state index contributed by atoms with van der Waals surface area (Å²) in [5.41, 5.74) is 6.73. The van der Waals surface area contributed by atoms with Gasteiger partial charge in [-0.1, -0.05) is 18.2 Å². The highest BCUT2D eigenvalue weighted by atomic mass is 16.5. The molecule has 21 heavy (non-hydrogen) atoms. The second kappa shape index (κ2) is 6.82. The van der Waals surface area contributed by atoms with Crippen LogP contribution < -0.4 is 5.73 Å². The Morgan fingerprint density at radius 2 is 1.90 bits per heavy atom. The maximum atomic E-state index is 5.86. The van der Waals surface area contributed by atoms with Gasteiger partial charge >= 0.3 is 0 Å². The number of hydrogen-bond acceptors (Lipinski definition) is 5. The molecule has 2 heterocycles. The molecule has 1 saturated heterocycles. The molecule has 1 aromatic carbocycles. The zero-order chi connectivity index (χ0) is 13.8. The lowest BCUT2D eigenvalue weighted by atomic mass is 10.3. The fourth-order valence-electron chi connectivity index (χ4n) is 1.95. The fourth-order valence-corrected chi connectivity index (χ4v) is 1.95. The second-order valence-electron chi connectivity index (χ2n) is 4.41. The lowest BCUT2D eigenvalue weighted by molar-refractivity contribution is 0.0701. The lowest BCUT2D eigenvalue weighted by Gasteiger charge is -2.23. The third-order valence-corrected chi connectivity index (χ3v) is 3.00. The number of nitrogen functional groups attached to an aromatic ring is 1. The van der Waals surface area contributed by atoms with Crippen molar-refractivity contribution in [1.29, 1.82) is 0 Å². The number of para-hydroxylation sites is 1. The molecule has 8 nitrogen and oxygen atoms in total. The molecular weight excluding hydrogens is 272 g/mol. The summed E-state index contributed by atoms with van der Waals surface area (Å²) in [6, 6.07) is 9.62. The molecule has 2 aromatic rings. The van der Waals surface area contributed by atoms with E-state index < -0.39 is 0 Å². The number of aliphatic imine (C=N–C) groups is 1. The summed E-state index contributed by atoms with van der Waals surface area (Å²) in [5, 5.41) is 4.29. The van der Waals surface area contributed by atoms with E-state index in [-0.39, 0.29) is 5.48 Å². The predicted octanol–water partition coefficient (Wildman–Crippen LogP) is 0.0168. The normalized spacial score (nSPS) is 15.1. The van der Waals surface area contributed by atoms with Gasteiger partial charge in [0, 0.05) is 13.1 Å². The Morgan fingerprint density at radius 3 is 2.62 bits per heavy atom. The predicted molar refractivity (Wildman–Crippen MR) is 79.9 cm³/mol. The molecule has 1 aliphatic heterocycles. The van der Waals surface area contributed by atoms with Crippen molar-refractivity contribution < 1.29 is 10.2 Å². The summed E-state index contributed by atoms with van der Waals surface area (Å²) in [4.78, 5) is 10.5. The van der Waals surface area contributed by atoms with Gasteiger partial charge in [0.2, 0.25) is 5.95 Å². The number of rotatable bonds is 3. The van der Waals surface area contributed by atoms with Crippen LogP contribution in [0.3, 0.4) is 0 Å². The smallest absolute Gasteiger partial charge is 0.271 e. The number of nitrogens with zero attached hydrogens (tertiary/aromatic N) is 5. The standard InChI is InChI=1S/C13H16N6O.H2O/c14-12-16-13(15-10-18-6-8-20-9-7-18)17-19(12)11-4-2-1-3-5-11;/h1-5,10H,6-9H2,(H2,14,16,17);1H2/b15-10+;. The van der Waals surface area contributed by atoms with Crippen LogP contribution in [0.1, 0.15) is 0 Å². The number of benzene rings is 1. The van der Waals surface area contributed by atoms with Crippen LogP contribution >= 0.6 is 0 Å². The molecule has 0 radical (unpaired) electrons.